The van der Waals surface area contributed by atoms with Gasteiger partial charge in [0.15, 0.2) is 5.43 Å². The highest BCUT2D eigenvalue weighted by Crippen LogP contribution is 2.56. The van der Waals surface area contributed by atoms with Crippen molar-refractivity contribution in [3.8, 4) is 11.4 Å². The fourth-order valence-electron chi connectivity index (χ4n) is 4.70. The van der Waals surface area contributed by atoms with Gasteiger partial charge in [0.05, 0.1) is 16.0 Å². The van der Waals surface area contributed by atoms with Crippen molar-refractivity contribution in [2.45, 2.75) is 23.5 Å². The molecule has 0 fully saturated rings. The van der Waals surface area contributed by atoms with Gasteiger partial charge in [-0.1, -0.05) is 29.8 Å². The minimum absolute atomic E-state index is 0.0149. The zero-order valence-electron chi connectivity index (χ0n) is 16.1. The second-order valence-corrected chi connectivity index (χ2v) is 9.25. The topological polar surface area (TPSA) is 44.1 Å². The average molecular weight is 433 g/mol. The van der Waals surface area contributed by atoms with Gasteiger partial charge in [-0.2, -0.15) is 0 Å². The van der Waals surface area contributed by atoms with E-state index in [1.807, 2.05) is 67.6 Å². The molecule has 0 spiro atoms. The summed E-state index contributed by atoms with van der Waals surface area (Å²) in [7, 11) is 0. The molecule has 2 aliphatic heterocycles. The summed E-state index contributed by atoms with van der Waals surface area (Å²) in [5.74, 6) is 1.65. The predicted molar refractivity (Wildman–Crippen MR) is 120 cm³/mol. The number of thioether (sulfide) groups is 1. The van der Waals surface area contributed by atoms with E-state index in [-0.39, 0.29) is 11.3 Å². The normalized spacial score (nSPS) is 21.6. The first-order valence-corrected chi connectivity index (χ1v) is 11.2. The van der Waals surface area contributed by atoms with Crippen LogP contribution in [0.15, 0.2) is 76.7 Å². The highest BCUT2D eigenvalue weighted by molar-refractivity contribution is 7.99. The molecule has 0 unspecified atom stereocenters. The first kappa shape index (κ1) is 18.0. The van der Waals surface area contributed by atoms with E-state index in [2.05, 4.69) is 9.55 Å². The minimum Gasteiger partial charge on any atom is -0.482 e. The van der Waals surface area contributed by atoms with Crippen molar-refractivity contribution in [2.75, 3.05) is 5.75 Å². The molecule has 6 rings (SSSR count). The molecule has 2 aromatic heterocycles. The number of halogens is 1. The molecule has 0 aliphatic carbocycles. The Morgan fingerprint density at radius 2 is 2.00 bits per heavy atom. The zero-order valence-corrected chi connectivity index (χ0v) is 17.7. The second kappa shape index (κ2) is 6.37. The van der Waals surface area contributed by atoms with E-state index in [0.29, 0.717) is 21.6 Å². The third-order valence-corrected chi connectivity index (χ3v) is 7.51. The summed E-state index contributed by atoms with van der Waals surface area (Å²) >= 11 is 7.96. The van der Waals surface area contributed by atoms with E-state index in [9.17, 15) is 4.79 Å². The third-order valence-electron chi connectivity index (χ3n) is 6.12. The van der Waals surface area contributed by atoms with Gasteiger partial charge in [-0.25, -0.2) is 4.98 Å². The molecule has 6 heteroatoms. The SMILES string of the molecule is C[C@@]12Oc3ccc(Cl)cc3[C@@H]1CSc1c2c(=O)c2cccnc2n1-c1ccccc1. The van der Waals surface area contributed by atoms with Crippen molar-refractivity contribution in [1.82, 2.24) is 9.55 Å². The smallest absolute Gasteiger partial charge is 0.199 e. The molecule has 2 aromatic carbocycles. The van der Waals surface area contributed by atoms with Crippen LogP contribution in [0.4, 0.5) is 0 Å². The molecule has 148 valence electrons. The minimum atomic E-state index is -0.759. The number of aromatic nitrogens is 2. The number of pyridine rings is 2. The molecule has 30 heavy (non-hydrogen) atoms. The van der Waals surface area contributed by atoms with Crippen molar-refractivity contribution >= 4 is 34.4 Å². The lowest BCUT2D eigenvalue weighted by atomic mass is 9.81. The lowest BCUT2D eigenvalue weighted by molar-refractivity contribution is 0.0865. The lowest BCUT2D eigenvalue weighted by Gasteiger charge is -2.37. The monoisotopic (exact) mass is 432 g/mol. The van der Waals surface area contributed by atoms with Crippen LogP contribution in [0.3, 0.4) is 0 Å². The number of rotatable bonds is 1. The van der Waals surface area contributed by atoms with E-state index >= 15 is 0 Å². The average Bonchev–Trinajstić information content (AvgIpc) is 3.06. The van der Waals surface area contributed by atoms with Crippen molar-refractivity contribution in [3.05, 3.63) is 93.2 Å². The van der Waals surface area contributed by atoms with Gasteiger partial charge in [0, 0.05) is 34.1 Å². The van der Waals surface area contributed by atoms with E-state index < -0.39 is 5.60 Å². The van der Waals surface area contributed by atoms with Gasteiger partial charge >= 0.3 is 0 Å². The van der Waals surface area contributed by atoms with Crippen molar-refractivity contribution < 1.29 is 4.74 Å². The van der Waals surface area contributed by atoms with Gasteiger partial charge in [-0.05, 0) is 49.4 Å². The Morgan fingerprint density at radius 1 is 1.17 bits per heavy atom. The van der Waals surface area contributed by atoms with E-state index in [1.54, 1.807) is 18.0 Å². The Balaban J connectivity index is 1.70. The molecule has 0 N–H and O–H groups in total. The Hall–Kier alpha value is -2.76. The maximum absolute atomic E-state index is 13.7. The Bertz CT molecular complexity index is 1390. The Labute approximate surface area is 182 Å². The Kier molecular flexibility index (Phi) is 3.83. The van der Waals surface area contributed by atoms with Gasteiger partial charge in [0.25, 0.3) is 0 Å². The maximum atomic E-state index is 13.7. The van der Waals surface area contributed by atoms with Crippen LogP contribution >= 0.6 is 23.4 Å². The largest absolute Gasteiger partial charge is 0.482 e. The number of ether oxygens (including phenoxy) is 1. The van der Waals surface area contributed by atoms with E-state index in [0.717, 1.165) is 27.8 Å². The van der Waals surface area contributed by atoms with Crippen LogP contribution in [-0.4, -0.2) is 15.3 Å². The first-order valence-electron chi connectivity index (χ1n) is 9.79. The number of benzene rings is 2. The van der Waals surface area contributed by atoms with E-state index in [1.165, 1.54) is 0 Å². The molecular formula is C24H17ClN2O2S. The van der Waals surface area contributed by atoms with Crippen LogP contribution in [0, 0.1) is 0 Å². The molecule has 4 aromatic rings. The maximum Gasteiger partial charge on any atom is 0.199 e. The number of hydrogen-bond donors (Lipinski definition) is 0. The van der Waals surface area contributed by atoms with Crippen molar-refractivity contribution in [1.29, 1.82) is 0 Å². The summed E-state index contributed by atoms with van der Waals surface area (Å²) in [6.07, 6.45) is 1.73. The number of para-hydroxylation sites is 1. The standard InChI is InChI=1S/C24H17ClN2O2S/c1-24-18(17-12-14(25)9-10-19(17)29-24)13-30-23-20(24)21(28)16-8-5-11-26-22(16)27(23)15-6-3-2-4-7-15/h2-12,18H,13H2,1H3/t18-,24+/m0/s1. The fourth-order valence-corrected chi connectivity index (χ4v) is 6.46. The lowest BCUT2D eigenvalue weighted by Crippen LogP contribution is -2.42. The number of nitrogens with zero attached hydrogens (tertiary/aromatic N) is 2. The summed E-state index contributed by atoms with van der Waals surface area (Å²) in [4.78, 5) is 18.3. The van der Waals surface area contributed by atoms with Crippen LogP contribution in [0.2, 0.25) is 5.02 Å². The first-order chi connectivity index (χ1) is 14.6. The van der Waals surface area contributed by atoms with Crippen molar-refractivity contribution in [3.63, 3.8) is 0 Å². The van der Waals surface area contributed by atoms with Crippen molar-refractivity contribution in [2.24, 2.45) is 0 Å². The summed E-state index contributed by atoms with van der Waals surface area (Å²) in [5, 5.41) is 2.18. The van der Waals surface area contributed by atoms with Gasteiger partial charge < -0.3 is 4.74 Å². The molecule has 4 nitrogen and oxygen atoms in total. The third kappa shape index (κ3) is 2.36. The molecule has 0 saturated heterocycles. The second-order valence-electron chi connectivity index (χ2n) is 7.81. The number of fused-ring (bicyclic) bond motifs is 6. The molecule has 4 heterocycles. The molecule has 0 saturated carbocycles. The molecule has 2 aliphatic rings. The van der Waals surface area contributed by atoms with Gasteiger partial charge in [-0.15, -0.1) is 11.8 Å². The molecule has 0 amide bonds. The molecule has 0 radical (unpaired) electrons. The zero-order chi connectivity index (χ0) is 20.5. The van der Waals surface area contributed by atoms with Crippen LogP contribution in [0.25, 0.3) is 16.7 Å². The van der Waals surface area contributed by atoms with Crippen LogP contribution in [0.1, 0.15) is 24.0 Å². The predicted octanol–water partition coefficient (Wildman–Crippen LogP) is 5.54. The molecular weight excluding hydrogens is 416 g/mol. The van der Waals surface area contributed by atoms with Crippen LogP contribution in [0.5, 0.6) is 5.75 Å². The highest BCUT2D eigenvalue weighted by atomic mass is 35.5. The summed E-state index contributed by atoms with van der Waals surface area (Å²) < 4.78 is 8.59. The highest BCUT2D eigenvalue weighted by Gasteiger charge is 2.52. The van der Waals surface area contributed by atoms with Gasteiger partial charge in [0.1, 0.15) is 17.0 Å². The fraction of sp³-hybridized carbons (Fsp3) is 0.167. The van der Waals surface area contributed by atoms with Gasteiger partial charge in [0.2, 0.25) is 0 Å². The van der Waals surface area contributed by atoms with Crippen LogP contribution in [-0.2, 0) is 5.60 Å². The molecule has 2 atom stereocenters. The Morgan fingerprint density at radius 3 is 2.83 bits per heavy atom. The van der Waals surface area contributed by atoms with Crippen LogP contribution < -0.4 is 10.2 Å². The summed E-state index contributed by atoms with van der Waals surface area (Å²) in [6, 6.07) is 19.4. The number of hydrogen-bond acceptors (Lipinski definition) is 4. The summed E-state index contributed by atoms with van der Waals surface area (Å²) in [5.41, 5.74) is 2.64. The van der Waals surface area contributed by atoms with Gasteiger partial charge in [-0.3, -0.25) is 9.36 Å². The quantitative estimate of drug-likeness (QED) is 0.396. The van der Waals surface area contributed by atoms with E-state index in [4.69, 9.17) is 16.3 Å². The molecule has 0 bridgehead atoms. The summed E-state index contributed by atoms with van der Waals surface area (Å²) in [6.45, 7) is 2.03.